The standard InChI is InChI=1S/C17H22N4/c1-3-19-15-6-4-5-7-16-14(15)11-20-17(21-16)13-10-18-9-8-12(13)2/h8-11,15,19H,3-7H2,1-2H3. The van der Waals surface area contributed by atoms with E-state index >= 15 is 0 Å². The fraction of sp³-hybridized carbons (Fsp3) is 0.471. The summed E-state index contributed by atoms with van der Waals surface area (Å²) < 4.78 is 0. The van der Waals surface area contributed by atoms with Gasteiger partial charge in [0.1, 0.15) is 0 Å². The molecule has 2 heterocycles. The molecule has 0 fully saturated rings. The zero-order chi connectivity index (χ0) is 14.7. The highest BCUT2D eigenvalue weighted by Crippen LogP contribution is 2.29. The van der Waals surface area contributed by atoms with Crippen LogP contribution in [-0.4, -0.2) is 21.5 Å². The average Bonchev–Trinajstić information content (AvgIpc) is 2.70. The lowest BCUT2D eigenvalue weighted by atomic mass is 10.0. The Labute approximate surface area is 126 Å². The van der Waals surface area contributed by atoms with Crippen LogP contribution in [0, 0.1) is 6.92 Å². The Hall–Kier alpha value is -1.81. The van der Waals surface area contributed by atoms with Gasteiger partial charge in [-0.15, -0.1) is 0 Å². The van der Waals surface area contributed by atoms with E-state index in [-0.39, 0.29) is 0 Å². The van der Waals surface area contributed by atoms with E-state index in [0.29, 0.717) is 6.04 Å². The summed E-state index contributed by atoms with van der Waals surface area (Å²) in [6.07, 6.45) is 10.4. The molecule has 0 spiro atoms. The maximum absolute atomic E-state index is 4.85. The van der Waals surface area contributed by atoms with E-state index in [1.54, 1.807) is 0 Å². The largest absolute Gasteiger partial charge is 0.310 e. The number of nitrogens with zero attached hydrogens (tertiary/aromatic N) is 3. The predicted octanol–water partition coefficient (Wildman–Crippen LogP) is 3.22. The quantitative estimate of drug-likeness (QED) is 0.878. The molecule has 0 amide bonds. The second-order valence-corrected chi connectivity index (χ2v) is 5.64. The molecule has 110 valence electrons. The lowest BCUT2D eigenvalue weighted by Crippen LogP contribution is -2.21. The second-order valence-electron chi connectivity index (χ2n) is 5.64. The molecule has 4 heteroatoms. The van der Waals surface area contributed by atoms with Crippen LogP contribution in [0.1, 0.15) is 49.0 Å². The van der Waals surface area contributed by atoms with Crippen molar-refractivity contribution in [3.05, 3.63) is 41.5 Å². The highest BCUT2D eigenvalue weighted by molar-refractivity contribution is 5.58. The summed E-state index contributed by atoms with van der Waals surface area (Å²) in [5.74, 6) is 0.802. The van der Waals surface area contributed by atoms with Gasteiger partial charge in [-0.05, 0) is 44.4 Å². The van der Waals surface area contributed by atoms with E-state index in [9.17, 15) is 0 Å². The van der Waals surface area contributed by atoms with Crippen molar-refractivity contribution < 1.29 is 0 Å². The van der Waals surface area contributed by atoms with Crippen LogP contribution in [0.3, 0.4) is 0 Å². The maximum Gasteiger partial charge on any atom is 0.161 e. The summed E-state index contributed by atoms with van der Waals surface area (Å²) in [6, 6.07) is 2.41. The van der Waals surface area contributed by atoms with Crippen molar-refractivity contribution >= 4 is 0 Å². The Kier molecular flexibility index (Phi) is 4.25. The van der Waals surface area contributed by atoms with E-state index in [1.165, 1.54) is 36.1 Å². The summed E-state index contributed by atoms with van der Waals surface area (Å²) in [5, 5.41) is 3.56. The SMILES string of the molecule is CCNC1CCCCc2nc(-c3cnccc3C)ncc21. The van der Waals surface area contributed by atoms with Crippen molar-refractivity contribution in [3.63, 3.8) is 0 Å². The van der Waals surface area contributed by atoms with Crippen molar-refractivity contribution in [3.8, 4) is 11.4 Å². The number of nitrogens with one attached hydrogen (secondary N) is 1. The Balaban J connectivity index is 2.01. The minimum absolute atomic E-state index is 0.400. The number of aromatic nitrogens is 3. The molecule has 0 radical (unpaired) electrons. The summed E-state index contributed by atoms with van der Waals surface area (Å²) in [6.45, 7) is 5.21. The summed E-state index contributed by atoms with van der Waals surface area (Å²) in [4.78, 5) is 13.7. The highest BCUT2D eigenvalue weighted by atomic mass is 14.9. The molecule has 0 saturated carbocycles. The number of aryl methyl sites for hydroxylation is 2. The van der Waals surface area contributed by atoms with E-state index in [1.807, 2.05) is 24.7 Å². The Morgan fingerprint density at radius 2 is 2.19 bits per heavy atom. The van der Waals surface area contributed by atoms with Gasteiger partial charge in [0.25, 0.3) is 0 Å². The lowest BCUT2D eigenvalue weighted by Gasteiger charge is -2.18. The van der Waals surface area contributed by atoms with E-state index in [0.717, 1.165) is 24.4 Å². The fourth-order valence-electron chi connectivity index (χ4n) is 3.00. The van der Waals surface area contributed by atoms with Crippen LogP contribution in [0.15, 0.2) is 24.7 Å². The topological polar surface area (TPSA) is 50.7 Å². The van der Waals surface area contributed by atoms with Gasteiger partial charge in [-0.1, -0.05) is 13.3 Å². The van der Waals surface area contributed by atoms with Gasteiger partial charge in [0.15, 0.2) is 5.82 Å². The molecule has 2 aromatic rings. The van der Waals surface area contributed by atoms with Crippen molar-refractivity contribution in [2.45, 2.75) is 45.6 Å². The number of fused-ring (bicyclic) bond motifs is 1. The Bertz CT molecular complexity index is 624. The minimum Gasteiger partial charge on any atom is -0.310 e. The Morgan fingerprint density at radius 1 is 1.29 bits per heavy atom. The molecule has 1 atom stereocenters. The molecule has 1 aliphatic carbocycles. The monoisotopic (exact) mass is 282 g/mol. The van der Waals surface area contributed by atoms with E-state index < -0.39 is 0 Å². The number of pyridine rings is 1. The zero-order valence-corrected chi connectivity index (χ0v) is 12.8. The first-order valence-corrected chi connectivity index (χ1v) is 7.79. The third-order valence-corrected chi connectivity index (χ3v) is 4.16. The van der Waals surface area contributed by atoms with Gasteiger partial charge in [0.05, 0.1) is 0 Å². The lowest BCUT2D eigenvalue weighted by molar-refractivity contribution is 0.502. The maximum atomic E-state index is 4.85. The van der Waals surface area contributed by atoms with Crippen LogP contribution in [0.4, 0.5) is 0 Å². The number of rotatable bonds is 3. The van der Waals surface area contributed by atoms with Crippen molar-refractivity contribution in [2.24, 2.45) is 0 Å². The minimum atomic E-state index is 0.400. The van der Waals surface area contributed by atoms with Gasteiger partial charge in [-0.25, -0.2) is 9.97 Å². The molecular formula is C17H22N4. The van der Waals surface area contributed by atoms with Crippen LogP contribution in [0.25, 0.3) is 11.4 Å². The highest BCUT2D eigenvalue weighted by Gasteiger charge is 2.20. The van der Waals surface area contributed by atoms with Crippen LogP contribution in [0.2, 0.25) is 0 Å². The molecule has 21 heavy (non-hydrogen) atoms. The summed E-state index contributed by atoms with van der Waals surface area (Å²) >= 11 is 0. The van der Waals surface area contributed by atoms with Crippen LogP contribution >= 0.6 is 0 Å². The molecule has 1 N–H and O–H groups in total. The molecule has 1 unspecified atom stereocenters. The van der Waals surface area contributed by atoms with Gasteiger partial charge in [-0.2, -0.15) is 0 Å². The van der Waals surface area contributed by atoms with Crippen LogP contribution < -0.4 is 5.32 Å². The molecule has 2 aromatic heterocycles. The van der Waals surface area contributed by atoms with Crippen molar-refractivity contribution in [1.29, 1.82) is 0 Å². The van der Waals surface area contributed by atoms with Gasteiger partial charge >= 0.3 is 0 Å². The Morgan fingerprint density at radius 3 is 3.00 bits per heavy atom. The summed E-state index contributed by atoms with van der Waals surface area (Å²) in [5.41, 5.74) is 4.68. The molecule has 1 aliphatic rings. The second kappa shape index (κ2) is 6.31. The van der Waals surface area contributed by atoms with Gasteiger partial charge in [0.2, 0.25) is 0 Å². The number of hydrogen-bond acceptors (Lipinski definition) is 4. The molecule has 3 rings (SSSR count). The first-order chi connectivity index (χ1) is 10.3. The fourth-order valence-corrected chi connectivity index (χ4v) is 3.00. The van der Waals surface area contributed by atoms with Gasteiger partial charge in [0, 0.05) is 41.5 Å². The molecule has 0 bridgehead atoms. The first-order valence-electron chi connectivity index (χ1n) is 7.79. The third kappa shape index (κ3) is 2.95. The first kappa shape index (κ1) is 14.1. The van der Waals surface area contributed by atoms with E-state index in [4.69, 9.17) is 4.98 Å². The normalized spacial score (nSPS) is 18.1. The molecule has 0 aromatic carbocycles. The van der Waals surface area contributed by atoms with E-state index in [2.05, 4.69) is 29.1 Å². The molecule has 4 nitrogen and oxygen atoms in total. The predicted molar refractivity (Wildman–Crippen MR) is 84.0 cm³/mol. The summed E-state index contributed by atoms with van der Waals surface area (Å²) in [7, 11) is 0. The third-order valence-electron chi connectivity index (χ3n) is 4.16. The number of hydrogen-bond donors (Lipinski definition) is 1. The molecule has 0 saturated heterocycles. The molecule has 0 aliphatic heterocycles. The van der Waals surface area contributed by atoms with Crippen molar-refractivity contribution in [2.75, 3.05) is 6.54 Å². The zero-order valence-electron chi connectivity index (χ0n) is 12.8. The average molecular weight is 282 g/mol. The van der Waals surface area contributed by atoms with Gasteiger partial charge < -0.3 is 5.32 Å². The molecular weight excluding hydrogens is 260 g/mol. The van der Waals surface area contributed by atoms with Gasteiger partial charge in [-0.3, -0.25) is 4.98 Å². The van der Waals surface area contributed by atoms with Crippen molar-refractivity contribution in [1.82, 2.24) is 20.3 Å². The van der Waals surface area contributed by atoms with Crippen LogP contribution in [0.5, 0.6) is 0 Å². The van der Waals surface area contributed by atoms with Crippen LogP contribution in [-0.2, 0) is 6.42 Å². The smallest absolute Gasteiger partial charge is 0.161 e.